The van der Waals surface area contributed by atoms with E-state index in [1.165, 1.54) is 4.90 Å². The Morgan fingerprint density at radius 2 is 1.65 bits per heavy atom. The first-order valence-electron chi connectivity index (χ1n) is 7.29. The van der Waals surface area contributed by atoms with E-state index in [1.807, 2.05) is 0 Å². The Balaban J connectivity index is 1.90. The number of likely N-dealkylation sites (N-methyl/N-ethyl adjacent to an activating group) is 1. The second-order valence-corrected chi connectivity index (χ2v) is 5.58. The van der Waals surface area contributed by atoms with Crippen LogP contribution in [0.1, 0.15) is 18.4 Å². The molecule has 0 spiro atoms. The second-order valence-electron chi connectivity index (χ2n) is 5.58. The molecule has 0 bridgehead atoms. The van der Waals surface area contributed by atoms with Crippen molar-refractivity contribution in [2.75, 3.05) is 26.0 Å². The van der Waals surface area contributed by atoms with Gasteiger partial charge < -0.3 is 10.2 Å². The molecular weight excluding hydrogens is 298 g/mol. The maximum atomic E-state index is 11.9. The highest BCUT2D eigenvalue weighted by molar-refractivity contribution is 6.06. The normalized spacial score (nSPS) is 14.1. The molecule has 1 heterocycles. The first kappa shape index (κ1) is 16.7. The second kappa shape index (κ2) is 7.04. The molecule has 0 radical (unpaired) electrons. The molecular formula is C16H19N3O4. The van der Waals surface area contributed by atoms with E-state index in [1.54, 1.807) is 38.4 Å². The van der Waals surface area contributed by atoms with E-state index in [0.29, 0.717) is 5.69 Å². The lowest BCUT2D eigenvalue weighted by atomic mass is 10.1. The van der Waals surface area contributed by atoms with Crippen molar-refractivity contribution in [3.8, 4) is 0 Å². The molecule has 7 nitrogen and oxygen atoms in total. The van der Waals surface area contributed by atoms with Crippen molar-refractivity contribution in [2.24, 2.45) is 0 Å². The number of benzene rings is 1. The molecule has 122 valence electrons. The van der Waals surface area contributed by atoms with Crippen LogP contribution in [0.25, 0.3) is 0 Å². The Morgan fingerprint density at radius 3 is 2.17 bits per heavy atom. The molecule has 23 heavy (non-hydrogen) atoms. The van der Waals surface area contributed by atoms with E-state index >= 15 is 0 Å². The fraction of sp³-hybridized carbons (Fsp3) is 0.375. The van der Waals surface area contributed by atoms with Crippen LogP contribution in [0.15, 0.2) is 24.3 Å². The van der Waals surface area contributed by atoms with E-state index < -0.39 is 5.91 Å². The summed E-state index contributed by atoms with van der Waals surface area (Å²) >= 11 is 0. The molecule has 7 heteroatoms. The first-order chi connectivity index (χ1) is 10.9. The SMILES string of the molecule is CN(C)C(=O)Cc1ccc(NC(=O)CN2C(=O)CCC2=O)cc1. The molecule has 2 rings (SSSR count). The van der Waals surface area contributed by atoms with Gasteiger partial charge in [0.25, 0.3) is 0 Å². The molecule has 1 aromatic carbocycles. The zero-order chi connectivity index (χ0) is 17.0. The number of imide groups is 1. The molecule has 0 unspecified atom stereocenters. The summed E-state index contributed by atoms with van der Waals surface area (Å²) in [6, 6.07) is 6.87. The van der Waals surface area contributed by atoms with E-state index in [2.05, 4.69) is 5.32 Å². The number of likely N-dealkylation sites (tertiary alicyclic amines) is 1. The lowest BCUT2D eigenvalue weighted by Gasteiger charge is -2.14. The predicted molar refractivity (Wildman–Crippen MR) is 83.4 cm³/mol. The third-order valence-corrected chi connectivity index (χ3v) is 3.55. The van der Waals surface area contributed by atoms with Crippen LogP contribution < -0.4 is 5.32 Å². The molecule has 0 aliphatic carbocycles. The number of nitrogens with one attached hydrogen (secondary N) is 1. The maximum absolute atomic E-state index is 11.9. The number of anilines is 1. The highest BCUT2D eigenvalue weighted by Crippen LogP contribution is 2.13. The van der Waals surface area contributed by atoms with Crippen molar-refractivity contribution >= 4 is 29.3 Å². The summed E-state index contributed by atoms with van der Waals surface area (Å²) in [4.78, 5) is 48.9. The van der Waals surface area contributed by atoms with Crippen LogP contribution in [-0.4, -0.2) is 54.1 Å². The molecule has 1 aliphatic heterocycles. The van der Waals surface area contributed by atoms with Crippen molar-refractivity contribution in [3.63, 3.8) is 0 Å². The van der Waals surface area contributed by atoms with Crippen LogP contribution in [0, 0.1) is 0 Å². The predicted octanol–water partition coefficient (Wildman–Crippen LogP) is 0.405. The van der Waals surface area contributed by atoms with Gasteiger partial charge in [-0.2, -0.15) is 0 Å². The van der Waals surface area contributed by atoms with Crippen molar-refractivity contribution in [2.45, 2.75) is 19.3 Å². The molecule has 1 saturated heterocycles. The van der Waals surface area contributed by atoms with E-state index in [0.717, 1.165) is 10.5 Å². The van der Waals surface area contributed by atoms with Crippen LogP contribution in [0.4, 0.5) is 5.69 Å². The van der Waals surface area contributed by atoms with Gasteiger partial charge in [0.15, 0.2) is 0 Å². The van der Waals surface area contributed by atoms with Crippen molar-refractivity contribution in [3.05, 3.63) is 29.8 Å². The quantitative estimate of drug-likeness (QED) is 0.797. The van der Waals surface area contributed by atoms with Crippen molar-refractivity contribution < 1.29 is 19.2 Å². The van der Waals surface area contributed by atoms with Gasteiger partial charge in [0.2, 0.25) is 23.6 Å². The fourth-order valence-electron chi connectivity index (χ4n) is 2.18. The topological polar surface area (TPSA) is 86.8 Å². The van der Waals surface area contributed by atoms with Gasteiger partial charge in [-0.15, -0.1) is 0 Å². The Hall–Kier alpha value is -2.70. The molecule has 1 aromatic rings. The number of carbonyl (C=O) groups is 4. The molecule has 4 amide bonds. The van der Waals surface area contributed by atoms with Gasteiger partial charge in [-0.05, 0) is 17.7 Å². The smallest absolute Gasteiger partial charge is 0.244 e. The number of carbonyl (C=O) groups excluding carboxylic acids is 4. The van der Waals surface area contributed by atoms with Gasteiger partial charge in [-0.1, -0.05) is 12.1 Å². The molecule has 0 saturated carbocycles. The Labute approximate surface area is 134 Å². The summed E-state index contributed by atoms with van der Waals surface area (Å²) in [6.45, 7) is -0.265. The van der Waals surface area contributed by atoms with Gasteiger partial charge in [0, 0.05) is 32.6 Å². The average molecular weight is 317 g/mol. The Morgan fingerprint density at radius 1 is 1.09 bits per heavy atom. The van der Waals surface area contributed by atoms with E-state index in [4.69, 9.17) is 0 Å². The fourth-order valence-corrected chi connectivity index (χ4v) is 2.18. The van der Waals surface area contributed by atoms with Crippen LogP contribution in [-0.2, 0) is 25.6 Å². The monoisotopic (exact) mass is 317 g/mol. The summed E-state index contributed by atoms with van der Waals surface area (Å²) in [6.07, 6.45) is 0.624. The summed E-state index contributed by atoms with van der Waals surface area (Å²) in [5.74, 6) is -1.07. The van der Waals surface area contributed by atoms with Crippen LogP contribution in [0.2, 0.25) is 0 Å². The average Bonchev–Trinajstić information content (AvgIpc) is 2.81. The minimum Gasteiger partial charge on any atom is -0.349 e. The van der Waals surface area contributed by atoms with Gasteiger partial charge in [0.05, 0.1) is 6.42 Å². The standard InChI is InChI=1S/C16H19N3O4/c1-18(2)16(23)9-11-3-5-12(6-4-11)17-13(20)10-19-14(21)7-8-15(19)22/h3-6H,7-10H2,1-2H3,(H,17,20). The molecule has 1 aliphatic rings. The molecule has 1 N–H and O–H groups in total. The van der Waals surface area contributed by atoms with Crippen LogP contribution >= 0.6 is 0 Å². The summed E-state index contributed by atoms with van der Waals surface area (Å²) in [5, 5.41) is 2.63. The van der Waals surface area contributed by atoms with Gasteiger partial charge in [-0.3, -0.25) is 24.1 Å². The van der Waals surface area contributed by atoms with Crippen LogP contribution in [0.5, 0.6) is 0 Å². The number of nitrogens with zero attached hydrogens (tertiary/aromatic N) is 2. The van der Waals surface area contributed by atoms with Crippen LogP contribution in [0.3, 0.4) is 0 Å². The zero-order valence-corrected chi connectivity index (χ0v) is 13.2. The molecule has 0 aromatic heterocycles. The minimum absolute atomic E-state index is 0.00663. The zero-order valence-electron chi connectivity index (χ0n) is 13.2. The minimum atomic E-state index is -0.425. The lowest BCUT2D eigenvalue weighted by Crippen LogP contribution is -2.36. The highest BCUT2D eigenvalue weighted by Gasteiger charge is 2.30. The summed E-state index contributed by atoms with van der Waals surface area (Å²) < 4.78 is 0. The third-order valence-electron chi connectivity index (χ3n) is 3.55. The number of hydrogen-bond acceptors (Lipinski definition) is 4. The van der Waals surface area contributed by atoms with Gasteiger partial charge in [0.1, 0.15) is 6.54 Å². The number of rotatable bonds is 5. The van der Waals surface area contributed by atoms with Crippen molar-refractivity contribution in [1.82, 2.24) is 9.80 Å². The number of amides is 4. The Bertz CT molecular complexity index is 621. The number of hydrogen-bond donors (Lipinski definition) is 1. The first-order valence-corrected chi connectivity index (χ1v) is 7.29. The van der Waals surface area contributed by atoms with E-state index in [-0.39, 0.29) is 43.5 Å². The third kappa shape index (κ3) is 4.38. The lowest BCUT2D eigenvalue weighted by molar-refractivity contribution is -0.141. The highest BCUT2D eigenvalue weighted by atomic mass is 16.2. The van der Waals surface area contributed by atoms with Gasteiger partial charge >= 0.3 is 0 Å². The summed E-state index contributed by atoms with van der Waals surface area (Å²) in [5.41, 5.74) is 1.39. The maximum Gasteiger partial charge on any atom is 0.244 e. The van der Waals surface area contributed by atoms with Gasteiger partial charge in [-0.25, -0.2) is 0 Å². The molecule has 0 atom stereocenters. The Kier molecular flexibility index (Phi) is 5.10. The summed E-state index contributed by atoms with van der Waals surface area (Å²) in [7, 11) is 3.38. The molecule has 1 fully saturated rings. The van der Waals surface area contributed by atoms with E-state index in [9.17, 15) is 19.2 Å². The van der Waals surface area contributed by atoms with Crippen molar-refractivity contribution in [1.29, 1.82) is 0 Å². The largest absolute Gasteiger partial charge is 0.349 e.